The van der Waals surface area contributed by atoms with Crippen molar-refractivity contribution in [2.24, 2.45) is 5.92 Å². The molecule has 0 radical (unpaired) electrons. The van der Waals surface area contributed by atoms with Crippen molar-refractivity contribution in [3.05, 3.63) is 0 Å². The minimum absolute atomic E-state index is 0. The second-order valence-electron chi connectivity index (χ2n) is 5.34. The Balaban J connectivity index is 0. The van der Waals surface area contributed by atoms with Gasteiger partial charge in [0, 0.05) is 25.0 Å². The number of hydrogen-bond donors (Lipinski definition) is 1. The van der Waals surface area contributed by atoms with E-state index in [1.165, 1.54) is 12.8 Å². The van der Waals surface area contributed by atoms with Gasteiger partial charge in [-0.1, -0.05) is 40.0 Å². The highest BCUT2D eigenvalue weighted by atomic mass is 35.5. The van der Waals surface area contributed by atoms with Crippen LogP contribution in [0.15, 0.2) is 0 Å². The highest BCUT2D eigenvalue weighted by Gasteiger charge is 2.23. The number of hydrogen-bond acceptors (Lipinski definition) is 2. The fourth-order valence-electron chi connectivity index (χ4n) is 2.33. The average molecular weight is 293 g/mol. The fraction of sp³-hybridized carbons (Fsp3) is 0.933. The molecule has 116 valence electrons. The molecule has 2 unspecified atom stereocenters. The van der Waals surface area contributed by atoms with Gasteiger partial charge in [0.05, 0.1) is 0 Å². The van der Waals surface area contributed by atoms with Crippen LogP contribution in [0.4, 0.5) is 0 Å². The summed E-state index contributed by atoms with van der Waals surface area (Å²) in [5, 5.41) is 3.09. The molecular formula is C15H33ClN2O. The van der Waals surface area contributed by atoms with Crippen molar-refractivity contribution in [3.8, 4) is 0 Å². The van der Waals surface area contributed by atoms with Crippen LogP contribution in [0, 0.1) is 5.92 Å². The fourth-order valence-corrected chi connectivity index (χ4v) is 2.33. The molecule has 0 saturated carbocycles. The number of unbranched alkanes of at least 4 members (excludes halogenated alkanes) is 2. The molecule has 0 rings (SSSR count). The summed E-state index contributed by atoms with van der Waals surface area (Å²) in [6.07, 6.45) is 5.78. The third-order valence-corrected chi connectivity index (χ3v) is 3.46. The van der Waals surface area contributed by atoms with Crippen LogP contribution < -0.4 is 5.32 Å². The van der Waals surface area contributed by atoms with Gasteiger partial charge in [-0.05, 0) is 26.8 Å². The lowest BCUT2D eigenvalue weighted by Gasteiger charge is -2.31. The van der Waals surface area contributed by atoms with Gasteiger partial charge in [-0.2, -0.15) is 0 Å². The second kappa shape index (κ2) is 12.7. The van der Waals surface area contributed by atoms with Gasteiger partial charge in [0.1, 0.15) is 0 Å². The lowest BCUT2D eigenvalue weighted by molar-refractivity contribution is -0.137. The standard InChI is InChI=1S/C15H32N2O.ClH/c1-6-8-9-11-17(14(4)10-7-2)15(18)13(3)12-16-5;/h13-14,16H,6-12H2,1-5H3;1H. The number of nitrogens with one attached hydrogen (secondary N) is 1. The summed E-state index contributed by atoms with van der Waals surface area (Å²) in [5.74, 6) is 0.386. The van der Waals surface area contributed by atoms with Crippen LogP contribution in [0.5, 0.6) is 0 Å². The Kier molecular flexibility index (Phi) is 14.1. The zero-order valence-electron chi connectivity index (χ0n) is 13.4. The Morgan fingerprint density at radius 3 is 2.26 bits per heavy atom. The first-order chi connectivity index (χ1) is 8.58. The number of carbonyl (C=O) groups excluding carboxylic acids is 1. The first-order valence-electron chi connectivity index (χ1n) is 7.53. The third-order valence-electron chi connectivity index (χ3n) is 3.46. The van der Waals surface area contributed by atoms with Gasteiger partial charge in [0.2, 0.25) is 5.91 Å². The summed E-state index contributed by atoms with van der Waals surface area (Å²) in [6, 6.07) is 0.374. The molecule has 0 aromatic heterocycles. The monoisotopic (exact) mass is 292 g/mol. The molecule has 0 aliphatic carbocycles. The molecule has 0 spiro atoms. The van der Waals surface area contributed by atoms with Gasteiger partial charge in [-0.15, -0.1) is 12.4 Å². The predicted octanol–water partition coefficient (Wildman–Crippen LogP) is 3.47. The summed E-state index contributed by atoms with van der Waals surface area (Å²) in [6.45, 7) is 10.3. The van der Waals surface area contributed by atoms with Crippen LogP contribution in [-0.2, 0) is 4.79 Å². The van der Waals surface area contributed by atoms with Crippen molar-refractivity contribution in [2.75, 3.05) is 20.1 Å². The van der Waals surface area contributed by atoms with Gasteiger partial charge < -0.3 is 10.2 Å². The van der Waals surface area contributed by atoms with Crippen molar-refractivity contribution in [3.63, 3.8) is 0 Å². The van der Waals surface area contributed by atoms with Gasteiger partial charge in [0.15, 0.2) is 0 Å². The number of nitrogens with zero attached hydrogens (tertiary/aromatic N) is 1. The van der Waals surface area contributed by atoms with Gasteiger partial charge >= 0.3 is 0 Å². The average Bonchev–Trinajstić information content (AvgIpc) is 2.34. The minimum atomic E-state index is 0. The molecule has 19 heavy (non-hydrogen) atoms. The van der Waals surface area contributed by atoms with E-state index in [-0.39, 0.29) is 18.3 Å². The van der Waals surface area contributed by atoms with Crippen molar-refractivity contribution in [2.45, 2.75) is 65.8 Å². The van der Waals surface area contributed by atoms with E-state index in [0.717, 1.165) is 32.4 Å². The molecule has 0 saturated heterocycles. The molecule has 0 aliphatic heterocycles. The van der Waals surface area contributed by atoms with E-state index in [1.54, 1.807) is 0 Å². The van der Waals surface area contributed by atoms with Gasteiger partial charge in [-0.3, -0.25) is 4.79 Å². The zero-order chi connectivity index (χ0) is 14.0. The Bertz CT molecular complexity index is 224. The van der Waals surface area contributed by atoms with Crippen LogP contribution in [-0.4, -0.2) is 37.0 Å². The molecule has 0 bridgehead atoms. The molecule has 0 heterocycles. The maximum Gasteiger partial charge on any atom is 0.226 e. The van der Waals surface area contributed by atoms with E-state index >= 15 is 0 Å². The molecule has 1 N–H and O–H groups in total. The topological polar surface area (TPSA) is 32.3 Å². The molecule has 4 heteroatoms. The number of halogens is 1. The molecule has 2 atom stereocenters. The lowest BCUT2D eigenvalue weighted by atomic mass is 10.1. The molecule has 0 aliphatic rings. The Morgan fingerprint density at radius 1 is 1.16 bits per heavy atom. The van der Waals surface area contributed by atoms with E-state index < -0.39 is 0 Å². The predicted molar refractivity (Wildman–Crippen MR) is 85.9 cm³/mol. The van der Waals surface area contributed by atoms with E-state index in [1.807, 2.05) is 14.0 Å². The van der Waals surface area contributed by atoms with Crippen LogP contribution in [0.1, 0.15) is 59.8 Å². The summed E-state index contributed by atoms with van der Waals surface area (Å²) >= 11 is 0. The summed E-state index contributed by atoms with van der Waals surface area (Å²) in [5.41, 5.74) is 0. The number of rotatable bonds is 10. The van der Waals surface area contributed by atoms with Crippen LogP contribution in [0.2, 0.25) is 0 Å². The van der Waals surface area contributed by atoms with Crippen LogP contribution in [0.25, 0.3) is 0 Å². The first kappa shape index (κ1) is 21.0. The molecular weight excluding hydrogens is 260 g/mol. The van der Waals surface area contributed by atoms with Gasteiger partial charge in [0.25, 0.3) is 0 Å². The molecule has 0 aromatic rings. The van der Waals surface area contributed by atoms with Crippen molar-refractivity contribution in [1.82, 2.24) is 10.2 Å². The smallest absolute Gasteiger partial charge is 0.226 e. The zero-order valence-corrected chi connectivity index (χ0v) is 14.2. The van der Waals surface area contributed by atoms with Crippen LogP contribution >= 0.6 is 12.4 Å². The second-order valence-corrected chi connectivity index (χ2v) is 5.34. The molecule has 3 nitrogen and oxygen atoms in total. The van der Waals surface area contributed by atoms with Crippen molar-refractivity contribution < 1.29 is 4.79 Å². The van der Waals surface area contributed by atoms with Gasteiger partial charge in [-0.25, -0.2) is 0 Å². The van der Waals surface area contributed by atoms with Crippen LogP contribution in [0.3, 0.4) is 0 Å². The lowest BCUT2D eigenvalue weighted by Crippen LogP contribution is -2.44. The third kappa shape index (κ3) is 8.48. The van der Waals surface area contributed by atoms with E-state index in [0.29, 0.717) is 11.9 Å². The molecule has 1 amide bonds. The Labute approximate surface area is 125 Å². The quantitative estimate of drug-likeness (QED) is 0.625. The number of amides is 1. The Morgan fingerprint density at radius 2 is 1.79 bits per heavy atom. The minimum Gasteiger partial charge on any atom is -0.340 e. The SMILES string of the molecule is CCCCCN(C(=O)C(C)CNC)C(C)CCC.Cl. The van der Waals surface area contributed by atoms with E-state index in [2.05, 4.69) is 31.0 Å². The summed E-state index contributed by atoms with van der Waals surface area (Å²) in [7, 11) is 1.90. The first-order valence-corrected chi connectivity index (χ1v) is 7.53. The Hall–Kier alpha value is -0.280. The van der Waals surface area contributed by atoms with Crippen molar-refractivity contribution in [1.29, 1.82) is 0 Å². The highest BCUT2D eigenvalue weighted by molar-refractivity contribution is 5.85. The maximum atomic E-state index is 12.4. The summed E-state index contributed by atoms with van der Waals surface area (Å²) in [4.78, 5) is 14.5. The maximum absolute atomic E-state index is 12.4. The highest BCUT2D eigenvalue weighted by Crippen LogP contribution is 2.13. The number of carbonyl (C=O) groups is 1. The van der Waals surface area contributed by atoms with E-state index in [4.69, 9.17) is 0 Å². The van der Waals surface area contributed by atoms with Crippen molar-refractivity contribution >= 4 is 18.3 Å². The normalized spacial score (nSPS) is 13.5. The molecule has 0 aromatic carbocycles. The molecule has 0 fully saturated rings. The van der Waals surface area contributed by atoms with E-state index in [9.17, 15) is 4.79 Å². The summed E-state index contributed by atoms with van der Waals surface area (Å²) < 4.78 is 0. The largest absolute Gasteiger partial charge is 0.340 e.